The zero-order valence-electron chi connectivity index (χ0n) is 12.3. The third-order valence-electron chi connectivity index (χ3n) is 4.79. The second-order valence-corrected chi connectivity index (χ2v) is 6.31. The molecule has 3 rings (SSSR count). The normalized spacial score (nSPS) is 25.2. The molecular formula is C16H23FN2O. The van der Waals surface area contributed by atoms with Crippen LogP contribution in [-0.2, 0) is 6.42 Å². The highest BCUT2D eigenvalue weighted by atomic mass is 19.1. The molecule has 0 spiro atoms. The van der Waals surface area contributed by atoms with Crippen molar-refractivity contribution in [3.05, 3.63) is 29.6 Å². The zero-order chi connectivity index (χ0) is 14.2. The Labute approximate surface area is 120 Å². The van der Waals surface area contributed by atoms with Crippen LogP contribution in [0, 0.1) is 5.82 Å². The number of ether oxygens (including phenoxy) is 1. The lowest BCUT2D eigenvalue weighted by Crippen LogP contribution is -2.51. The van der Waals surface area contributed by atoms with Gasteiger partial charge in [0.1, 0.15) is 17.7 Å². The van der Waals surface area contributed by atoms with E-state index < -0.39 is 0 Å². The Morgan fingerprint density at radius 3 is 2.85 bits per heavy atom. The van der Waals surface area contributed by atoms with Crippen molar-refractivity contribution in [3.63, 3.8) is 0 Å². The van der Waals surface area contributed by atoms with E-state index in [4.69, 9.17) is 4.74 Å². The quantitative estimate of drug-likeness (QED) is 0.917. The van der Waals surface area contributed by atoms with Crippen molar-refractivity contribution in [1.29, 1.82) is 0 Å². The summed E-state index contributed by atoms with van der Waals surface area (Å²) in [6.45, 7) is 5.43. The highest BCUT2D eigenvalue weighted by Crippen LogP contribution is 2.30. The van der Waals surface area contributed by atoms with Gasteiger partial charge in [-0.2, -0.15) is 0 Å². The van der Waals surface area contributed by atoms with Gasteiger partial charge in [-0.25, -0.2) is 4.39 Å². The number of hydrogen-bond acceptors (Lipinski definition) is 3. The van der Waals surface area contributed by atoms with Gasteiger partial charge >= 0.3 is 0 Å². The number of halogens is 1. The van der Waals surface area contributed by atoms with E-state index in [1.165, 1.54) is 6.07 Å². The van der Waals surface area contributed by atoms with Crippen LogP contribution in [0.15, 0.2) is 18.2 Å². The topological polar surface area (TPSA) is 24.5 Å². The third kappa shape index (κ3) is 2.81. The molecule has 0 aromatic heterocycles. The first-order valence-corrected chi connectivity index (χ1v) is 7.44. The van der Waals surface area contributed by atoms with Crippen molar-refractivity contribution in [2.75, 3.05) is 26.7 Å². The summed E-state index contributed by atoms with van der Waals surface area (Å²) < 4.78 is 19.1. The van der Waals surface area contributed by atoms with Crippen LogP contribution in [0.25, 0.3) is 0 Å². The minimum absolute atomic E-state index is 0.171. The van der Waals surface area contributed by atoms with E-state index in [1.54, 1.807) is 12.1 Å². The number of piperidine rings is 1. The molecule has 1 aromatic carbocycles. The molecule has 110 valence electrons. The van der Waals surface area contributed by atoms with Gasteiger partial charge in [0.2, 0.25) is 0 Å². The fraction of sp³-hybridized carbons (Fsp3) is 0.625. The number of fused-ring (bicyclic) bond motifs is 1. The van der Waals surface area contributed by atoms with Crippen LogP contribution in [0.5, 0.6) is 5.75 Å². The predicted octanol–water partition coefficient (Wildman–Crippen LogP) is 2.20. The molecule has 1 fully saturated rings. The average Bonchev–Trinajstić information content (AvgIpc) is 2.83. The zero-order valence-corrected chi connectivity index (χ0v) is 12.3. The predicted molar refractivity (Wildman–Crippen MR) is 77.7 cm³/mol. The van der Waals surface area contributed by atoms with E-state index in [0.29, 0.717) is 0 Å². The molecular weight excluding hydrogens is 255 g/mol. The number of hydrogen-bond donors (Lipinski definition) is 1. The number of nitrogens with zero attached hydrogens (tertiary/aromatic N) is 1. The molecule has 0 radical (unpaired) electrons. The van der Waals surface area contributed by atoms with Crippen molar-refractivity contribution < 1.29 is 9.13 Å². The van der Waals surface area contributed by atoms with Crippen LogP contribution in [0.3, 0.4) is 0 Å². The molecule has 2 aliphatic rings. The molecule has 2 aliphatic heterocycles. The van der Waals surface area contributed by atoms with Crippen LogP contribution in [-0.4, -0.2) is 43.2 Å². The molecule has 3 nitrogen and oxygen atoms in total. The summed E-state index contributed by atoms with van der Waals surface area (Å²) in [5, 5.41) is 3.42. The monoisotopic (exact) mass is 278 g/mol. The molecule has 0 saturated carbocycles. The van der Waals surface area contributed by atoms with E-state index in [-0.39, 0.29) is 17.5 Å². The smallest absolute Gasteiger partial charge is 0.123 e. The van der Waals surface area contributed by atoms with E-state index in [0.717, 1.165) is 50.2 Å². The Hall–Kier alpha value is -1.13. The number of likely N-dealkylation sites (tertiary alicyclic amines) is 1. The van der Waals surface area contributed by atoms with Gasteiger partial charge < -0.3 is 10.1 Å². The summed E-state index contributed by atoms with van der Waals surface area (Å²) in [7, 11) is 2.04. The maximum Gasteiger partial charge on any atom is 0.123 e. The highest BCUT2D eigenvalue weighted by Gasteiger charge is 2.31. The summed E-state index contributed by atoms with van der Waals surface area (Å²) in [6.07, 6.45) is 3.33. The van der Waals surface area contributed by atoms with E-state index in [2.05, 4.69) is 17.1 Å². The van der Waals surface area contributed by atoms with Gasteiger partial charge in [-0.3, -0.25) is 4.90 Å². The van der Waals surface area contributed by atoms with Gasteiger partial charge in [-0.05, 0) is 45.0 Å². The molecule has 20 heavy (non-hydrogen) atoms. The lowest BCUT2D eigenvalue weighted by molar-refractivity contribution is 0.102. The standard InChI is InChI=1S/C16H23FN2O/c1-16(18-2)5-7-19(8-6-16)11-14-10-12-9-13(17)3-4-15(12)20-14/h3-4,9,14,18H,5-8,10-11H2,1-2H3. The van der Waals surface area contributed by atoms with Crippen molar-refractivity contribution in [3.8, 4) is 5.75 Å². The van der Waals surface area contributed by atoms with Gasteiger partial charge in [-0.15, -0.1) is 0 Å². The minimum Gasteiger partial charge on any atom is -0.488 e. The Morgan fingerprint density at radius 2 is 2.15 bits per heavy atom. The Kier molecular flexibility index (Phi) is 3.69. The number of benzene rings is 1. The molecule has 0 amide bonds. The van der Waals surface area contributed by atoms with Crippen LogP contribution in [0.1, 0.15) is 25.3 Å². The van der Waals surface area contributed by atoms with Gasteiger partial charge in [-0.1, -0.05) is 0 Å². The first-order chi connectivity index (χ1) is 9.58. The molecule has 0 aliphatic carbocycles. The Morgan fingerprint density at radius 1 is 1.40 bits per heavy atom. The number of nitrogens with one attached hydrogen (secondary N) is 1. The molecule has 1 unspecified atom stereocenters. The van der Waals surface area contributed by atoms with Crippen molar-refractivity contribution >= 4 is 0 Å². The summed E-state index contributed by atoms with van der Waals surface area (Å²) in [5.41, 5.74) is 1.28. The molecule has 2 heterocycles. The number of rotatable bonds is 3. The Bertz CT molecular complexity index is 483. The Balaban J connectivity index is 1.54. The molecule has 1 atom stereocenters. The summed E-state index contributed by atoms with van der Waals surface area (Å²) in [6, 6.07) is 4.82. The largest absolute Gasteiger partial charge is 0.488 e. The minimum atomic E-state index is -0.171. The molecule has 1 saturated heterocycles. The maximum atomic E-state index is 13.2. The average molecular weight is 278 g/mol. The summed E-state index contributed by atoms with van der Waals surface area (Å²) >= 11 is 0. The van der Waals surface area contributed by atoms with Crippen LogP contribution < -0.4 is 10.1 Å². The van der Waals surface area contributed by atoms with E-state index >= 15 is 0 Å². The highest BCUT2D eigenvalue weighted by molar-refractivity contribution is 5.37. The first kappa shape index (κ1) is 13.8. The maximum absolute atomic E-state index is 13.2. The van der Waals surface area contributed by atoms with Gasteiger partial charge in [0, 0.05) is 37.2 Å². The first-order valence-electron chi connectivity index (χ1n) is 7.44. The lowest BCUT2D eigenvalue weighted by Gasteiger charge is -2.39. The van der Waals surface area contributed by atoms with Gasteiger partial charge in [0.25, 0.3) is 0 Å². The molecule has 4 heteroatoms. The third-order valence-corrected chi connectivity index (χ3v) is 4.79. The van der Waals surface area contributed by atoms with Crippen LogP contribution >= 0.6 is 0 Å². The van der Waals surface area contributed by atoms with E-state index in [9.17, 15) is 4.39 Å². The van der Waals surface area contributed by atoms with Crippen molar-refractivity contribution in [2.24, 2.45) is 0 Å². The fourth-order valence-electron chi connectivity index (χ4n) is 3.16. The summed E-state index contributed by atoms with van der Waals surface area (Å²) in [4.78, 5) is 2.46. The van der Waals surface area contributed by atoms with Gasteiger partial charge in [0.15, 0.2) is 0 Å². The second-order valence-electron chi connectivity index (χ2n) is 6.31. The molecule has 1 N–H and O–H groups in total. The van der Waals surface area contributed by atoms with Crippen molar-refractivity contribution in [2.45, 2.75) is 37.8 Å². The molecule has 1 aromatic rings. The fourth-order valence-corrected chi connectivity index (χ4v) is 3.16. The summed E-state index contributed by atoms with van der Waals surface area (Å²) in [5.74, 6) is 0.684. The van der Waals surface area contributed by atoms with Crippen LogP contribution in [0.4, 0.5) is 4.39 Å². The van der Waals surface area contributed by atoms with Crippen LogP contribution in [0.2, 0.25) is 0 Å². The van der Waals surface area contributed by atoms with E-state index in [1.807, 2.05) is 7.05 Å². The lowest BCUT2D eigenvalue weighted by atomic mass is 9.90. The van der Waals surface area contributed by atoms with Gasteiger partial charge in [0.05, 0.1) is 0 Å². The molecule has 0 bridgehead atoms. The second kappa shape index (κ2) is 5.34. The van der Waals surface area contributed by atoms with Crippen molar-refractivity contribution in [1.82, 2.24) is 10.2 Å². The SMILES string of the molecule is CNC1(C)CCN(CC2Cc3cc(F)ccc3O2)CC1.